The highest BCUT2D eigenvalue weighted by Gasteiger charge is 2.18. The van der Waals surface area contributed by atoms with Crippen molar-refractivity contribution in [2.45, 2.75) is 39.2 Å². The van der Waals surface area contributed by atoms with E-state index in [1.807, 2.05) is 24.3 Å². The van der Waals surface area contributed by atoms with E-state index in [-0.39, 0.29) is 11.3 Å². The monoisotopic (exact) mass is 365 g/mol. The Labute approximate surface area is 152 Å². The fourth-order valence-electron chi connectivity index (χ4n) is 2.13. The van der Waals surface area contributed by atoms with E-state index >= 15 is 0 Å². The molecule has 2 aromatic rings. The average molecular weight is 366 g/mol. The molecule has 0 fully saturated rings. The molecule has 0 saturated heterocycles. The number of hydrogen-bond donors (Lipinski definition) is 1. The summed E-state index contributed by atoms with van der Waals surface area (Å²) >= 11 is 12.0. The van der Waals surface area contributed by atoms with Gasteiger partial charge < -0.3 is 10.1 Å². The van der Waals surface area contributed by atoms with E-state index in [1.54, 1.807) is 25.1 Å². The van der Waals surface area contributed by atoms with E-state index in [0.717, 1.165) is 0 Å². The maximum absolute atomic E-state index is 12.3. The van der Waals surface area contributed by atoms with Crippen LogP contribution in [0.15, 0.2) is 42.5 Å². The highest BCUT2D eigenvalue weighted by molar-refractivity contribution is 6.44. The van der Waals surface area contributed by atoms with Crippen LogP contribution in [0.3, 0.4) is 0 Å². The molecule has 24 heavy (non-hydrogen) atoms. The van der Waals surface area contributed by atoms with Gasteiger partial charge in [0, 0.05) is 0 Å². The molecule has 2 rings (SSSR count). The molecule has 0 unspecified atom stereocenters. The Morgan fingerprint density at radius 1 is 1.08 bits per heavy atom. The molecule has 128 valence electrons. The van der Waals surface area contributed by atoms with Crippen LogP contribution in [-0.4, -0.2) is 12.0 Å². The SMILES string of the molecule is C[C@H](Oc1ccc(C(C)(C)C)cc1)C(=O)Nc1cccc(Cl)c1Cl. The van der Waals surface area contributed by atoms with Crippen LogP contribution in [-0.2, 0) is 10.2 Å². The maximum Gasteiger partial charge on any atom is 0.265 e. The smallest absolute Gasteiger partial charge is 0.265 e. The predicted octanol–water partition coefficient (Wildman–Crippen LogP) is 5.70. The fourth-order valence-corrected chi connectivity index (χ4v) is 2.47. The Balaban J connectivity index is 2.02. The number of carbonyl (C=O) groups is 1. The molecule has 0 saturated carbocycles. The normalized spacial score (nSPS) is 12.6. The summed E-state index contributed by atoms with van der Waals surface area (Å²) < 4.78 is 5.70. The zero-order valence-electron chi connectivity index (χ0n) is 14.2. The molecule has 0 radical (unpaired) electrons. The number of ether oxygens (including phenoxy) is 1. The first-order valence-corrected chi connectivity index (χ1v) is 8.46. The first-order valence-electron chi connectivity index (χ1n) is 7.70. The molecule has 3 nitrogen and oxygen atoms in total. The van der Waals surface area contributed by atoms with Crippen LogP contribution in [0.25, 0.3) is 0 Å². The molecule has 2 aromatic carbocycles. The highest BCUT2D eigenvalue weighted by Crippen LogP contribution is 2.30. The van der Waals surface area contributed by atoms with Crippen molar-refractivity contribution in [1.29, 1.82) is 0 Å². The Kier molecular flexibility index (Phi) is 5.79. The lowest BCUT2D eigenvalue weighted by molar-refractivity contribution is -0.122. The van der Waals surface area contributed by atoms with Gasteiger partial charge in [-0.2, -0.15) is 0 Å². The molecule has 0 aliphatic heterocycles. The third kappa shape index (κ3) is 4.65. The van der Waals surface area contributed by atoms with Gasteiger partial charge in [-0.05, 0) is 42.2 Å². The summed E-state index contributed by atoms with van der Waals surface area (Å²) in [6, 6.07) is 12.8. The molecule has 1 N–H and O–H groups in total. The minimum atomic E-state index is -0.666. The zero-order valence-corrected chi connectivity index (χ0v) is 15.7. The number of benzene rings is 2. The van der Waals surface area contributed by atoms with Gasteiger partial charge in [-0.15, -0.1) is 0 Å². The van der Waals surface area contributed by atoms with Crippen LogP contribution in [0, 0.1) is 0 Å². The van der Waals surface area contributed by atoms with Gasteiger partial charge in [0.15, 0.2) is 6.10 Å². The van der Waals surface area contributed by atoms with Crippen molar-refractivity contribution in [2.75, 3.05) is 5.32 Å². The van der Waals surface area contributed by atoms with E-state index in [4.69, 9.17) is 27.9 Å². The van der Waals surface area contributed by atoms with Crippen molar-refractivity contribution in [3.63, 3.8) is 0 Å². The molecule has 0 heterocycles. The van der Waals surface area contributed by atoms with E-state index in [0.29, 0.717) is 21.5 Å². The van der Waals surface area contributed by atoms with E-state index in [2.05, 4.69) is 26.1 Å². The quantitative estimate of drug-likeness (QED) is 0.754. The van der Waals surface area contributed by atoms with Gasteiger partial charge >= 0.3 is 0 Å². The van der Waals surface area contributed by atoms with Gasteiger partial charge in [-0.25, -0.2) is 0 Å². The van der Waals surface area contributed by atoms with Crippen molar-refractivity contribution in [1.82, 2.24) is 0 Å². The Morgan fingerprint density at radius 2 is 1.71 bits per heavy atom. The van der Waals surface area contributed by atoms with Crippen LogP contribution in [0.5, 0.6) is 5.75 Å². The first kappa shape index (κ1) is 18.6. The summed E-state index contributed by atoms with van der Waals surface area (Å²) in [6.45, 7) is 8.13. The molecule has 0 spiro atoms. The standard InChI is InChI=1S/C19H21Cl2NO2/c1-12(18(23)22-16-7-5-6-15(20)17(16)21)24-14-10-8-13(9-11-14)19(2,3)4/h5-12H,1-4H3,(H,22,23)/t12-/m0/s1. The third-order valence-corrected chi connectivity index (χ3v) is 4.43. The lowest BCUT2D eigenvalue weighted by Crippen LogP contribution is -2.30. The van der Waals surface area contributed by atoms with Gasteiger partial charge in [0.25, 0.3) is 5.91 Å². The first-order chi connectivity index (χ1) is 11.2. The summed E-state index contributed by atoms with van der Waals surface area (Å²) in [5.41, 5.74) is 1.75. The number of halogens is 2. The van der Waals surface area contributed by atoms with Gasteiger partial charge in [-0.1, -0.05) is 62.2 Å². The minimum absolute atomic E-state index is 0.0743. The van der Waals surface area contributed by atoms with Crippen molar-refractivity contribution >= 4 is 34.8 Å². The maximum atomic E-state index is 12.3. The van der Waals surface area contributed by atoms with Gasteiger partial charge in [0.2, 0.25) is 0 Å². The van der Waals surface area contributed by atoms with Crippen molar-refractivity contribution < 1.29 is 9.53 Å². The van der Waals surface area contributed by atoms with E-state index < -0.39 is 6.10 Å². The van der Waals surface area contributed by atoms with E-state index in [9.17, 15) is 4.79 Å². The van der Waals surface area contributed by atoms with Crippen LogP contribution in [0.1, 0.15) is 33.3 Å². The number of anilines is 1. The molecular formula is C19H21Cl2NO2. The fraction of sp³-hybridized carbons (Fsp3) is 0.316. The summed E-state index contributed by atoms with van der Waals surface area (Å²) in [4.78, 5) is 12.3. The Hall–Kier alpha value is -1.71. The molecule has 0 aliphatic rings. The molecule has 5 heteroatoms. The summed E-state index contributed by atoms with van der Waals surface area (Å²) in [5.74, 6) is 0.349. The van der Waals surface area contributed by atoms with Gasteiger partial charge in [0.05, 0.1) is 15.7 Å². The summed E-state index contributed by atoms with van der Waals surface area (Å²) in [6.07, 6.45) is -0.666. The van der Waals surface area contributed by atoms with Crippen molar-refractivity contribution in [3.05, 3.63) is 58.1 Å². The summed E-state index contributed by atoms with van der Waals surface area (Å²) in [5, 5.41) is 3.43. The molecule has 1 atom stereocenters. The Bertz CT molecular complexity index is 721. The zero-order chi connectivity index (χ0) is 17.9. The molecule has 0 aliphatic carbocycles. The van der Waals surface area contributed by atoms with Crippen LogP contribution >= 0.6 is 23.2 Å². The average Bonchev–Trinajstić information content (AvgIpc) is 2.51. The number of hydrogen-bond acceptors (Lipinski definition) is 2. The lowest BCUT2D eigenvalue weighted by atomic mass is 9.87. The number of amides is 1. The number of rotatable bonds is 4. The number of carbonyl (C=O) groups excluding carboxylic acids is 1. The molecule has 1 amide bonds. The predicted molar refractivity (Wildman–Crippen MR) is 100 cm³/mol. The largest absolute Gasteiger partial charge is 0.481 e. The lowest BCUT2D eigenvalue weighted by Gasteiger charge is -2.20. The summed E-state index contributed by atoms with van der Waals surface area (Å²) in [7, 11) is 0. The van der Waals surface area contributed by atoms with Crippen LogP contribution < -0.4 is 10.1 Å². The molecule has 0 bridgehead atoms. The van der Waals surface area contributed by atoms with Crippen LogP contribution in [0.2, 0.25) is 10.0 Å². The highest BCUT2D eigenvalue weighted by atomic mass is 35.5. The minimum Gasteiger partial charge on any atom is -0.481 e. The van der Waals surface area contributed by atoms with Gasteiger partial charge in [0.1, 0.15) is 5.75 Å². The second-order valence-electron chi connectivity index (χ2n) is 6.63. The molecule has 0 aromatic heterocycles. The second-order valence-corrected chi connectivity index (χ2v) is 7.41. The molecular weight excluding hydrogens is 345 g/mol. The topological polar surface area (TPSA) is 38.3 Å². The number of nitrogens with one attached hydrogen (secondary N) is 1. The van der Waals surface area contributed by atoms with Gasteiger partial charge in [-0.3, -0.25) is 4.79 Å². The van der Waals surface area contributed by atoms with Crippen molar-refractivity contribution in [3.8, 4) is 5.75 Å². The second kappa shape index (κ2) is 7.45. The Morgan fingerprint density at radius 3 is 2.29 bits per heavy atom. The third-order valence-electron chi connectivity index (χ3n) is 3.61. The van der Waals surface area contributed by atoms with Crippen molar-refractivity contribution in [2.24, 2.45) is 0 Å². The van der Waals surface area contributed by atoms with E-state index in [1.165, 1.54) is 5.56 Å². The van der Waals surface area contributed by atoms with Crippen LogP contribution in [0.4, 0.5) is 5.69 Å².